The Hall–Kier alpha value is -1.51. The van der Waals surface area contributed by atoms with Gasteiger partial charge in [-0.3, -0.25) is 0 Å². The van der Waals surface area contributed by atoms with Crippen LogP contribution in [0.3, 0.4) is 0 Å². The zero-order valence-electron chi connectivity index (χ0n) is 9.60. The molecule has 1 N–H and O–H groups in total. The highest BCUT2D eigenvalue weighted by atomic mass is 35.5. The molecular weight excluding hydrogens is 234 g/mol. The Balaban J connectivity index is 2.43. The Morgan fingerprint density at radius 2 is 1.82 bits per heavy atom. The Morgan fingerprint density at radius 1 is 1.12 bits per heavy atom. The second-order valence-corrected chi connectivity index (χ2v) is 4.26. The van der Waals surface area contributed by atoms with Crippen LogP contribution in [0.5, 0.6) is 0 Å². The van der Waals surface area contributed by atoms with E-state index in [-0.39, 0.29) is 6.61 Å². The van der Waals surface area contributed by atoms with Crippen molar-refractivity contribution < 1.29 is 5.11 Å². The van der Waals surface area contributed by atoms with Gasteiger partial charge in [-0.2, -0.15) is 0 Å². The first-order valence-corrected chi connectivity index (χ1v) is 5.78. The molecule has 0 bridgehead atoms. The van der Waals surface area contributed by atoms with E-state index in [2.05, 4.69) is 0 Å². The molecule has 0 aliphatic rings. The maximum absolute atomic E-state index is 9.34. The topological polar surface area (TPSA) is 23.5 Å². The van der Waals surface area contributed by atoms with E-state index in [9.17, 15) is 5.11 Å². The van der Waals surface area contributed by atoms with Crippen molar-refractivity contribution >= 4 is 23.0 Å². The SMILES string of the molecule is CN(c1ccccc1)c1cc(Cl)ccc1CO. The molecule has 0 heterocycles. The van der Waals surface area contributed by atoms with Crippen molar-refractivity contribution in [3.8, 4) is 0 Å². The minimum absolute atomic E-state index is 0.00365. The number of rotatable bonds is 3. The highest BCUT2D eigenvalue weighted by molar-refractivity contribution is 6.30. The monoisotopic (exact) mass is 247 g/mol. The van der Waals surface area contributed by atoms with Crippen molar-refractivity contribution in [3.63, 3.8) is 0 Å². The summed E-state index contributed by atoms with van der Waals surface area (Å²) in [7, 11) is 1.96. The number of benzene rings is 2. The zero-order chi connectivity index (χ0) is 12.3. The molecule has 0 atom stereocenters. The lowest BCUT2D eigenvalue weighted by molar-refractivity contribution is 0.282. The molecule has 88 valence electrons. The van der Waals surface area contributed by atoms with Gasteiger partial charge in [0.05, 0.1) is 6.61 Å². The molecule has 2 aromatic carbocycles. The molecule has 0 unspecified atom stereocenters. The van der Waals surface area contributed by atoms with Gasteiger partial charge < -0.3 is 10.0 Å². The fourth-order valence-electron chi connectivity index (χ4n) is 1.77. The maximum Gasteiger partial charge on any atom is 0.0702 e. The van der Waals surface area contributed by atoms with Crippen molar-refractivity contribution in [1.82, 2.24) is 0 Å². The Labute approximate surface area is 106 Å². The summed E-state index contributed by atoms with van der Waals surface area (Å²) in [6.07, 6.45) is 0. The molecular formula is C14H14ClNO. The molecule has 2 aromatic rings. The van der Waals surface area contributed by atoms with Crippen LogP contribution in [-0.4, -0.2) is 12.2 Å². The van der Waals surface area contributed by atoms with Gasteiger partial charge in [0, 0.05) is 29.0 Å². The predicted octanol–water partition coefficient (Wildman–Crippen LogP) is 3.60. The third kappa shape index (κ3) is 2.60. The molecule has 3 heteroatoms. The highest BCUT2D eigenvalue weighted by Crippen LogP contribution is 2.29. The van der Waals surface area contributed by atoms with Crippen LogP contribution in [0.4, 0.5) is 11.4 Å². The molecule has 2 nitrogen and oxygen atoms in total. The average Bonchev–Trinajstić information content (AvgIpc) is 2.39. The molecule has 0 radical (unpaired) electrons. The molecule has 0 spiro atoms. The van der Waals surface area contributed by atoms with Gasteiger partial charge in [0.2, 0.25) is 0 Å². The fourth-order valence-corrected chi connectivity index (χ4v) is 1.94. The summed E-state index contributed by atoms with van der Waals surface area (Å²) in [5.41, 5.74) is 2.84. The maximum atomic E-state index is 9.34. The van der Waals surface area contributed by atoms with Gasteiger partial charge in [-0.1, -0.05) is 35.9 Å². The van der Waals surface area contributed by atoms with Crippen LogP contribution in [0.25, 0.3) is 0 Å². The van der Waals surface area contributed by atoms with E-state index in [1.54, 1.807) is 6.07 Å². The average molecular weight is 248 g/mol. The summed E-state index contributed by atoms with van der Waals surface area (Å²) in [5.74, 6) is 0. The van der Waals surface area contributed by atoms with Gasteiger partial charge in [0.1, 0.15) is 0 Å². The van der Waals surface area contributed by atoms with E-state index in [1.165, 1.54) is 0 Å². The quantitative estimate of drug-likeness (QED) is 0.896. The zero-order valence-corrected chi connectivity index (χ0v) is 10.4. The second-order valence-electron chi connectivity index (χ2n) is 3.83. The number of aliphatic hydroxyl groups excluding tert-OH is 1. The molecule has 2 rings (SSSR count). The number of hydrogen-bond donors (Lipinski definition) is 1. The minimum atomic E-state index is 0.00365. The first kappa shape index (κ1) is 12.0. The Bertz CT molecular complexity index is 499. The molecule has 0 aliphatic heterocycles. The summed E-state index contributed by atoms with van der Waals surface area (Å²) in [4.78, 5) is 2.01. The molecule has 0 saturated carbocycles. The van der Waals surface area contributed by atoms with Crippen LogP contribution >= 0.6 is 11.6 Å². The largest absolute Gasteiger partial charge is 0.392 e. The fraction of sp³-hybridized carbons (Fsp3) is 0.143. The number of para-hydroxylation sites is 1. The molecule has 17 heavy (non-hydrogen) atoms. The van der Waals surface area contributed by atoms with Crippen molar-refractivity contribution in [1.29, 1.82) is 0 Å². The lowest BCUT2D eigenvalue weighted by Gasteiger charge is -2.22. The summed E-state index contributed by atoms with van der Waals surface area (Å²) >= 11 is 6.00. The van der Waals surface area contributed by atoms with Crippen molar-refractivity contribution in [2.45, 2.75) is 6.61 Å². The molecule has 0 aliphatic carbocycles. The van der Waals surface area contributed by atoms with Crippen molar-refractivity contribution in [3.05, 3.63) is 59.1 Å². The van der Waals surface area contributed by atoms with Crippen molar-refractivity contribution in [2.24, 2.45) is 0 Å². The van der Waals surface area contributed by atoms with Crippen LogP contribution in [0.2, 0.25) is 5.02 Å². The number of anilines is 2. The number of hydrogen-bond acceptors (Lipinski definition) is 2. The van der Waals surface area contributed by atoms with E-state index >= 15 is 0 Å². The van der Waals surface area contributed by atoms with Gasteiger partial charge in [0.15, 0.2) is 0 Å². The van der Waals surface area contributed by atoms with Crippen LogP contribution in [0.1, 0.15) is 5.56 Å². The minimum Gasteiger partial charge on any atom is -0.392 e. The van der Waals surface area contributed by atoms with Gasteiger partial charge in [-0.05, 0) is 24.3 Å². The smallest absolute Gasteiger partial charge is 0.0702 e. The van der Waals surface area contributed by atoms with E-state index < -0.39 is 0 Å². The van der Waals surface area contributed by atoms with E-state index in [4.69, 9.17) is 11.6 Å². The molecule has 0 aromatic heterocycles. The Kier molecular flexibility index (Phi) is 3.67. The Morgan fingerprint density at radius 3 is 2.47 bits per heavy atom. The molecule has 0 saturated heterocycles. The third-order valence-corrected chi connectivity index (χ3v) is 2.96. The first-order chi connectivity index (χ1) is 8.22. The van der Waals surface area contributed by atoms with Crippen LogP contribution in [0.15, 0.2) is 48.5 Å². The predicted molar refractivity (Wildman–Crippen MR) is 71.9 cm³/mol. The lowest BCUT2D eigenvalue weighted by atomic mass is 10.1. The van der Waals surface area contributed by atoms with Gasteiger partial charge in [-0.15, -0.1) is 0 Å². The summed E-state index contributed by atoms with van der Waals surface area (Å²) in [5, 5.41) is 10.0. The van der Waals surface area contributed by atoms with E-state index in [0.717, 1.165) is 16.9 Å². The van der Waals surface area contributed by atoms with E-state index in [0.29, 0.717) is 5.02 Å². The van der Waals surface area contributed by atoms with Gasteiger partial charge in [0.25, 0.3) is 0 Å². The van der Waals surface area contributed by atoms with Crippen LogP contribution in [-0.2, 0) is 6.61 Å². The standard InChI is InChI=1S/C14H14ClNO/c1-16(13-5-3-2-4-6-13)14-9-12(15)8-7-11(14)10-17/h2-9,17H,10H2,1H3. The number of nitrogens with zero attached hydrogens (tertiary/aromatic N) is 1. The van der Waals surface area contributed by atoms with Crippen LogP contribution in [0, 0.1) is 0 Å². The summed E-state index contributed by atoms with van der Waals surface area (Å²) in [6.45, 7) is 0.00365. The first-order valence-electron chi connectivity index (χ1n) is 5.40. The highest BCUT2D eigenvalue weighted by Gasteiger charge is 2.09. The van der Waals surface area contributed by atoms with E-state index in [1.807, 2.05) is 54.4 Å². The number of halogens is 1. The van der Waals surface area contributed by atoms with Crippen molar-refractivity contribution in [2.75, 3.05) is 11.9 Å². The van der Waals surface area contributed by atoms with Gasteiger partial charge >= 0.3 is 0 Å². The molecule has 0 fully saturated rings. The van der Waals surface area contributed by atoms with Crippen LogP contribution < -0.4 is 4.90 Å². The number of aliphatic hydroxyl groups is 1. The van der Waals surface area contributed by atoms with Gasteiger partial charge in [-0.25, -0.2) is 0 Å². The summed E-state index contributed by atoms with van der Waals surface area (Å²) < 4.78 is 0. The third-order valence-electron chi connectivity index (χ3n) is 2.72. The second kappa shape index (κ2) is 5.21. The lowest BCUT2D eigenvalue weighted by Crippen LogP contribution is -2.11. The summed E-state index contributed by atoms with van der Waals surface area (Å²) in [6, 6.07) is 15.5. The normalized spacial score (nSPS) is 10.3. The molecule has 0 amide bonds.